The molecule has 0 saturated carbocycles. The summed E-state index contributed by atoms with van der Waals surface area (Å²) in [5.41, 5.74) is 0.248. The minimum absolute atomic E-state index is 0.0342. The predicted octanol–water partition coefficient (Wildman–Crippen LogP) is 4.79. The van der Waals surface area contributed by atoms with Crippen LogP contribution in [-0.2, 0) is 11.3 Å². The van der Waals surface area contributed by atoms with Gasteiger partial charge in [0, 0.05) is 65.1 Å². The number of carboxylic acid groups (broad SMARTS) is 1. The molecule has 2 aromatic carbocycles. The van der Waals surface area contributed by atoms with Crippen LogP contribution in [0.15, 0.2) is 62.3 Å². The third kappa shape index (κ3) is 6.29. The molecule has 0 bridgehead atoms. The number of amides is 1. The molecule has 3 aliphatic heterocycles. The number of piperidine rings is 2. The van der Waals surface area contributed by atoms with Crippen molar-refractivity contribution in [2.75, 3.05) is 52.9 Å². The van der Waals surface area contributed by atoms with E-state index in [1.54, 1.807) is 0 Å². The Kier molecular flexibility index (Phi) is 9.98. The SMILES string of the molecule is CN1CCC(N2CCN(C3(CC=O)CC(n4nc(-c5ccccc5)[nH]c4=O)CC[N@+]3(Cc3ccc(Br)c(Br)c3)C(=O)O)CC2)CC1. The molecule has 6 rings (SSSR count). The van der Waals surface area contributed by atoms with Crippen LogP contribution in [0.25, 0.3) is 11.4 Å². The molecule has 3 saturated heterocycles. The molecule has 4 heterocycles. The number of carbonyl (C=O) groups is 2. The van der Waals surface area contributed by atoms with Crippen LogP contribution in [0.5, 0.6) is 0 Å². The number of rotatable bonds is 8. The summed E-state index contributed by atoms with van der Waals surface area (Å²) in [7, 11) is 2.16. The Bertz CT molecular complexity index is 1600. The second-order valence-electron chi connectivity index (χ2n) is 13.0. The van der Waals surface area contributed by atoms with E-state index >= 15 is 0 Å². The quantitative estimate of drug-likeness (QED) is 0.249. The fourth-order valence-corrected chi connectivity index (χ4v) is 8.72. The minimum atomic E-state index is -1.08. The zero-order valence-electron chi connectivity index (χ0n) is 26.2. The summed E-state index contributed by atoms with van der Waals surface area (Å²) in [6, 6.07) is 15.4. The van der Waals surface area contributed by atoms with Crippen LogP contribution in [0, 0.1) is 0 Å². The van der Waals surface area contributed by atoms with Crippen molar-refractivity contribution in [3.63, 3.8) is 0 Å². The van der Waals surface area contributed by atoms with Crippen molar-refractivity contribution in [3.05, 3.63) is 73.5 Å². The van der Waals surface area contributed by atoms with E-state index in [4.69, 9.17) is 5.10 Å². The van der Waals surface area contributed by atoms with E-state index in [0.29, 0.717) is 37.8 Å². The maximum absolute atomic E-state index is 13.7. The van der Waals surface area contributed by atoms with Crippen LogP contribution in [0.3, 0.4) is 0 Å². The lowest BCUT2D eigenvalue weighted by molar-refractivity contribution is -0.942. The van der Waals surface area contributed by atoms with Gasteiger partial charge in [-0.15, -0.1) is 5.10 Å². The Morgan fingerprint density at radius 3 is 2.39 bits per heavy atom. The highest BCUT2D eigenvalue weighted by atomic mass is 79.9. The van der Waals surface area contributed by atoms with Crippen LogP contribution in [0.2, 0.25) is 0 Å². The predicted molar refractivity (Wildman–Crippen MR) is 182 cm³/mol. The maximum Gasteiger partial charge on any atom is 0.515 e. The molecule has 1 amide bonds. The first-order valence-electron chi connectivity index (χ1n) is 16.1. The number of carbonyl (C=O) groups excluding carboxylic acids is 1. The van der Waals surface area contributed by atoms with Crippen molar-refractivity contribution in [2.24, 2.45) is 0 Å². The highest BCUT2D eigenvalue weighted by Gasteiger charge is 2.63. The standard InChI is InChI=1S/C33H41Br2N7O4/c1-38-13-9-26(10-14-38)39-15-17-40(18-16-39)33(12-20-43)22-27(41-31(44)36-30(37-41)25-5-3-2-4-6-25)11-19-42(33,32(45)46)23-24-7-8-28(34)29(35)21-24/h2-8,20-21,26-27H,9-19,22-23H2,1H3,(H-,36,37,44,45,46)/p+1/t27?,33?,42-/m0/s1. The van der Waals surface area contributed by atoms with E-state index in [1.165, 1.54) is 4.68 Å². The highest BCUT2D eigenvalue weighted by molar-refractivity contribution is 9.13. The van der Waals surface area contributed by atoms with Crippen molar-refractivity contribution in [1.29, 1.82) is 0 Å². The number of halogens is 2. The van der Waals surface area contributed by atoms with Crippen molar-refractivity contribution in [3.8, 4) is 11.4 Å². The average Bonchev–Trinajstić information content (AvgIpc) is 3.46. The third-order valence-electron chi connectivity index (χ3n) is 10.6. The molecular weight excluding hydrogens is 718 g/mol. The highest BCUT2D eigenvalue weighted by Crippen LogP contribution is 2.47. The number of hydrogen-bond acceptors (Lipinski definition) is 7. The number of quaternary nitrogens is 1. The zero-order chi connectivity index (χ0) is 32.5. The molecule has 3 atom stereocenters. The third-order valence-corrected chi connectivity index (χ3v) is 12.4. The molecule has 246 valence electrons. The second-order valence-corrected chi connectivity index (χ2v) is 14.7. The number of aromatic amines is 1. The lowest BCUT2D eigenvalue weighted by Crippen LogP contribution is -2.77. The van der Waals surface area contributed by atoms with Gasteiger partial charge < -0.3 is 14.8 Å². The van der Waals surface area contributed by atoms with E-state index in [2.05, 4.69) is 58.6 Å². The van der Waals surface area contributed by atoms with Gasteiger partial charge in [-0.25, -0.2) is 18.9 Å². The van der Waals surface area contributed by atoms with Crippen molar-refractivity contribution >= 4 is 44.2 Å². The van der Waals surface area contributed by atoms with Gasteiger partial charge in [-0.2, -0.15) is 4.79 Å². The fourth-order valence-electron chi connectivity index (χ4n) is 8.05. The van der Waals surface area contributed by atoms with Gasteiger partial charge in [0.2, 0.25) is 0 Å². The Balaban J connectivity index is 1.38. The average molecular weight is 761 g/mol. The summed E-state index contributed by atoms with van der Waals surface area (Å²) in [5.74, 6) is 0.475. The molecule has 2 unspecified atom stereocenters. The number of likely N-dealkylation sites (tertiary alicyclic amines) is 2. The van der Waals surface area contributed by atoms with Gasteiger partial charge >= 0.3 is 11.8 Å². The number of nitrogens with zero attached hydrogens (tertiary/aromatic N) is 6. The summed E-state index contributed by atoms with van der Waals surface area (Å²) >= 11 is 7.13. The van der Waals surface area contributed by atoms with E-state index in [1.807, 2.05) is 48.5 Å². The molecule has 0 spiro atoms. The van der Waals surface area contributed by atoms with Crippen LogP contribution < -0.4 is 5.69 Å². The van der Waals surface area contributed by atoms with Crippen molar-refractivity contribution < 1.29 is 19.2 Å². The number of piperazine rings is 1. The topological polar surface area (TPSA) is 115 Å². The molecule has 3 aliphatic rings. The van der Waals surface area contributed by atoms with Crippen molar-refractivity contribution in [2.45, 2.75) is 56.4 Å². The molecule has 3 aromatic rings. The first-order valence-corrected chi connectivity index (χ1v) is 17.6. The lowest BCUT2D eigenvalue weighted by Gasteiger charge is -2.58. The van der Waals surface area contributed by atoms with Gasteiger partial charge in [0.25, 0.3) is 0 Å². The molecule has 11 nitrogen and oxygen atoms in total. The smallest absolute Gasteiger partial charge is 0.435 e. The van der Waals surface area contributed by atoms with Crippen molar-refractivity contribution in [1.82, 2.24) is 29.5 Å². The van der Waals surface area contributed by atoms with Gasteiger partial charge in [0.15, 0.2) is 11.5 Å². The Labute approximate surface area is 286 Å². The van der Waals surface area contributed by atoms with E-state index in [0.717, 1.165) is 65.4 Å². The molecule has 0 aliphatic carbocycles. The zero-order valence-corrected chi connectivity index (χ0v) is 29.3. The van der Waals surface area contributed by atoms with Crippen LogP contribution >= 0.6 is 31.9 Å². The molecule has 1 aromatic heterocycles. The normalized spacial score (nSPS) is 27.1. The Morgan fingerprint density at radius 1 is 1.02 bits per heavy atom. The second kappa shape index (κ2) is 13.8. The summed E-state index contributed by atoms with van der Waals surface area (Å²) < 4.78 is 2.90. The number of aromatic nitrogens is 3. The first kappa shape index (κ1) is 33.2. The van der Waals surface area contributed by atoms with Crippen LogP contribution in [0.1, 0.15) is 43.7 Å². The van der Waals surface area contributed by atoms with Crippen LogP contribution in [-0.4, -0.2) is 116 Å². The van der Waals surface area contributed by atoms with E-state index in [9.17, 15) is 19.5 Å². The molecule has 3 fully saturated rings. The molecule has 0 radical (unpaired) electrons. The van der Waals surface area contributed by atoms with Gasteiger partial charge in [-0.1, -0.05) is 36.4 Å². The largest absolute Gasteiger partial charge is 0.515 e. The number of aldehydes is 1. The molecule has 13 heteroatoms. The summed E-state index contributed by atoms with van der Waals surface area (Å²) in [6.45, 7) is 5.52. The van der Waals surface area contributed by atoms with Crippen LogP contribution in [0.4, 0.5) is 4.79 Å². The summed E-state index contributed by atoms with van der Waals surface area (Å²) in [5, 5.41) is 15.9. The summed E-state index contributed by atoms with van der Waals surface area (Å²) in [6.07, 6.45) is 2.93. The van der Waals surface area contributed by atoms with Gasteiger partial charge in [0.05, 0.1) is 19.0 Å². The number of hydrogen-bond donors (Lipinski definition) is 2. The van der Waals surface area contributed by atoms with Gasteiger partial charge in [0.1, 0.15) is 12.8 Å². The Hall–Kier alpha value is -2.68. The number of benzene rings is 2. The Morgan fingerprint density at radius 2 is 1.74 bits per heavy atom. The van der Waals surface area contributed by atoms with Gasteiger partial charge in [-0.05, 0) is 77.0 Å². The van der Waals surface area contributed by atoms with E-state index < -0.39 is 11.8 Å². The number of H-pyrrole nitrogens is 1. The lowest BCUT2D eigenvalue weighted by atomic mass is 9.83. The summed E-state index contributed by atoms with van der Waals surface area (Å²) in [4.78, 5) is 49.8. The number of nitrogens with one attached hydrogen (secondary N) is 1. The fraction of sp³-hybridized carbons (Fsp3) is 0.515. The monoisotopic (exact) mass is 758 g/mol. The molecule has 2 N–H and O–H groups in total. The first-order chi connectivity index (χ1) is 22.2. The van der Waals surface area contributed by atoms with E-state index in [-0.39, 0.29) is 35.7 Å². The van der Waals surface area contributed by atoms with Gasteiger partial charge in [-0.3, -0.25) is 9.88 Å². The molecular formula is C33H42Br2N7O4+. The molecule has 46 heavy (non-hydrogen) atoms. The maximum atomic E-state index is 13.7. The minimum Gasteiger partial charge on any atom is -0.435 e.